The molecule has 23 nitrogen and oxygen atoms in total. The molecule has 4 heterocycles. The first-order chi connectivity index (χ1) is 34.0. The van der Waals surface area contributed by atoms with Crippen LogP contribution in [0.25, 0.3) is 55.8 Å². The molecule has 0 bridgehead atoms. The summed E-state index contributed by atoms with van der Waals surface area (Å²) in [6.07, 6.45) is 1.78. The number of benzene rings is 4. The van der Waals surface area contributed by atoms with Crippen LogP contribution in [0, 0.1) is 39.3 Å². The number of fused-ring (bicyclic) bond motifs is 2. The van der Waals surface area contributed by atoms with Gasteiger partial charge in [0.15, 0.2) is 36.0 Å². The number of rotatable bonds is 11. The summed E-state index contributed by atoms with van der Waals surface area (Å²) in [7, 11) is -3.99. The number of hydrogen-bond donors (Lipinski definition) is 3. The number of nitrogens with two attached hydrogens (primary N) is 1. The second-order valence-electron chi connectivity index (χ2n) is 16.4. The molecule has 0 saturated heterocycles. The maximum atomic E-state index is 15.0. The van der Waals surface area contributed by atoms with Crippen molar-refractivity contribution in [3.63, 3.8) is 0 Å². The molecule has 0 fully saturated rings. The van der Waals surface area contributed by atoms with Gasteiger partial charge in [0.2, 0.25) is 20.0 Å². The van der Waals surface area contributed by atoms with Crippen LogP contribution in [0.1, 0.15) is 22.5 Å². The van der Waals surface area contributed by atoms with Gasteiger partial charge in [0, 0.05) is 60.9 Å². The fraction of sp³-hybridized carbons (Fsp3) is 0.217. The fourth-order valence-corrected chi connectivity index (χ4v) is 7.44. The van der Waals surface area contributed by atoms with Gasteiger partial charge in [-0.15, -0.1) is 0 Å². The van der Waals surface area contributed by atoms with Crippen molar-refractivity contribution in [1.29, 1.82) is 0 Å². The highest BCUT2D eigenvalue weighted by Crippen LogP contribution is 2.38. The lowest BCUT2D eigenvalue weighted by atomic mass is 10.0. The van der Waals surface area contributed by atoms with Crippen molar-refractivity contribution in [2.75, 3.05) is 25.7 Å². The number of primary sulfonamides is 1. The Morgan fingerprint density at radius 3 is 1.41 bits per heavy atom. The predicted molar refractivity (Wildman–Crippen MR) is 260 cm³/mol. The Hall–Kier alpha value is -8.56. The molecule has 27 heteroatoms. The summed E-state index contributed by atoms with van der Waals surface area (Å²) in [4.78, 5) is 73.4. The smallest absolute Gasteiger partial charge is 0.341 e. The predicted octanol–water partition coefficient (Wildman–Crippen LogP) is 3.02. The van der Waals surface area contributed by atoms with Gasteiger partial charge in [-0.2, -0.15) is 0 Å². The number of hydrogen-bond acceptors (Lipinski definition) is 16. The molecule has 0 saturated carbocycles. The van der Waals surface area contributed by atoms with E-state index in [2.05, 4.69) is 15.5 Å². The van der Waals surface area contributed by atoms with E-state index in [0.29, 0.717) is 32.5 Å². The van der Waals surface area contributed by atoms with E-state index in [1.165, 1.54) is 47.5 Å². The van der Waals surface area contributed by atoms with Crippen molar-refractivity contribution < 1.29 is 58.8 Å². The monoisotopic (exact) mass is 1050 g/mol. The van der Waals surface area contributed by atoms with E-state index in [0.717, 1.165) is 40.3 Å². The van der Waals surface area contributed by atoms with Crippen LogP contribution < -0.4 is 41.8 Å². The van der Waals surface area contributed by atoms with Crippen molar-refractivity contribution in [3.05, 3.63) is 149 Å². The highest BCUT2D eigenvalue weighted by molar-refractivity contribution is 7.89. The Morgan fingerprint density at radius 1 is 0.658 bits per heavy atom. The van der Waals surface area contributed by atoms with E-state index in [1.54, 1.807) is 61.9 Å². The van der Waals surface area contributed by atoms with Gasteiger partial charge in [-0.05, 0) is 64.1 Å². The number of amides is 1. The average Bonchev–Trinajstić information content (AvgIpc) is 3.89. The van der Waals surface area contributed by atoms with Crippen LogP contribution in [-0.4, -0.2) is 88.1 Å². The molecular formula is C46H44F2N8O15S2. The maximum absolute atomic E-state index is 15.0. The second kappa shape index (κ2) is 21.0. The van der Waals surface area contributed by atoms with Crippen LogP contribution in [0.4, 0.5) is 8.78 Å². The van der Waals surface area contributed by atoms with E-state index < -0.39 is 79.3 Å². The van der Waals surface area contributed by atoms with Crippen LogP contribution >= 0.6 is 0 Å². The molecule has 0 spiro atoms. The second-order valence-corrected chi connectivity index (χ2v) is 19.8. The lowest BCUT2D eigenvalue weighted by molar-refractivity contribution is -0.139. The summed E-state index contributed by atoms with van der Waals surface area (Å²) in [6.45, 7) is 5.63. The number of nitrogens with zero attached hydrogens (tertiary/aromatic N) is 6. The summed E-state index contributed by atoms with van der Waals surface area (Å²) >= 11 is 0. The lowest BCUT2D eigenvalue weighted by Crippen LogP contribution is -2.38. The lowest BCUT2D eigenvalue weighted by Gasteiger charge is -2.12. The Labute approximate surface area is 411 Å². The third-order valence-corrected chi connectivity index (χ3v) is 11.1. The van der Waals surface area contributed by atoms with Gasteiger partial charge in [-0.3, -0.25) is 19.1 Å². The number of aromatic nitrogens is 6. The molecule has 0 aliphatic rings. The Bertz CT molecular complexity index is 4000. The Morgan fingerprint density at radius 2 is 1.04 bits per heavy atom. The first-order valence-corrected chi connectivity index (χ1v) is 24.8. The molecule has 0 aliphatic carbocycles. The Balaban J connectivity index is 0.000000219. The van der Waals surface area contributed by atoms with Crippen LogP contribution in [0.2, 0.25) is 0 Å². The highest BCUT2D eigenvalue weighted by atomic mass is 32.2. The van der Waals surface area contributed by atoms with Gasteiger partial charge >= 0.3 is 17.3 Å². The van der Waals surface area contributed by atoms with Crippen molar-refractivity contribution in [2.45, 2.75) is 27.7 Å². The highest BCUT2D eigenvalue weighted by Gasteiger charge is 2.23. The van der Waals surface area contributed by atoms with E-state index in [-0.39, 0.29) is 50.8 Å². The standard InChI is InChI=1S/C23H21FN4O7S.C22H18FN3O6.CH5NO2S/c1-12-5-6-18(34-11-20(29)26-36(4,32)33)14(7-12)22-15-9-17(16(24)10-19(15)35-25-22)28-21(30)8-13(2)27(3)23(28)31;1-11-4-5-17(31-10-20(28)29)13(6-11)21-14-8-16(15(23)9-18(14)32-24-21)26-19(27)7-12(2)25(3)22(26)30;1-5(2,3)4/h5-10H,11H2,1-4H3,(H,26,29);4-9H,10H2,1-3H3,(H,28,29);1H3,(H2,2,3,4). The minimum absolute atomic E-state index is 0.0468. The number of carbonyl (C=O) groups excluding carboxylic acids is 1. The number of aliphatic carboxylic acids is 1. The summed E-state index contributed by atoms with van der Waals surface area (Å²) < 4.78 is 98.4. The number of halogens is 2. The van der Waals surface area contributed by atoms with Crippen molar-refractivity contribution in [3.8, 4) is 45.4 Å². The average molecular weight is 1050 g/mol. The maximum Gasteiger partial charge on any atom is 0.341 e. The zero-order valence-electron chi connectivity index (χ0n) is 39.8. The molecule has 73 heavy (non-hydrogen) atoms. The zero-order valence-corrected chi connectivity index (χ0v) is 41.5. The van der Waals surface area contributed by atoms with Crippen molar-refractivity contribution in [1.82, 2.24) is 33.3 Å². The molecule has 384 valence electrons. The van der Waals surface area contributed by atoms with Crippen molar-refractivity contribution in [2.24, 2.45) is 19.2 Å². The summed E-state index contributed by atoms with van der Waals surface area (Å²) in [5.74, 6) is -3.33. The number of nitrogens with one attached hydrogen (secondary N) is 1. The number of sulfonamides is 2. The summed E-state index contributed by atoms with van der Waals surface area (Å²) in [5.41, 5.74) is 0.485. The van der Waals surface area contributed by atoms with E-state index in [1.807, 2.05) is 6.92 Å². The van der Waals surface area contributed by atoms with E-state index in [9.17, 15) is 54.4 Å². The molecule has 1 amide bonds. The molecule has 0 unspecified atom stereocenters. The number of carboxylic acid groups (broad SMARTS) is 1. The van der Waals surface area contributed by atoms with E-state index >= 15 is 0 Å². The largest absolute Gasteiger partial charge is 0.483 e. The van der Waals surface area contributed by atoms with Crippen LogP contribution in [0.5, 0.6) is 11.5 Å². The topological polar surface area (TPSA) is 319 Å². The molecule has 8 aromatic rings. The van der Waals surface area contributed by atoms with Crippen LogP contribution in [0.15, 0.2) is 101 Å². The molecule has 8 rings (SSSR count). The third kappa shape index (κ3) is 12.5. The summed E-state index contributed by atoms with van der Waals surface area (Å²) in [6, 6.07) is 17.1. The van der Waals surface area contributed by atoms with Gasteiger partial charge in [-0.25, -0.2) is 54.3 Å². The van der Waals surface area contributed by atoms with Gasteiger partial charge in [0.25, 0.3) is 17.0 Å². The molecule has 0 aliphatic heterocycles. The fourth-order valence-electron chi connectivity index (χ4n) is 6.97. The van der Waals surface area contributed by atoms with Crippen LogP contribution in [-0.2, 0) is 43.7 Å². The SMILES string of the molecule is CS(N)(=O)=O.Cc1ccc(OCC(=O)NS(C)(=O)=O)c(-c2noc3cc(F)c(-n4c(=O)cc(C)n(C)c4=O)cc23)c1.Cc1ccc(OCC(=O)O)c(-c2noc3cc(F)c(-n4c(=O)cc(C)n(C)c4=O)cc23)c1. The molecule has 0 atom stereocenters. The minimum atomic E-state index is -3.76. The van der Waals surface area contributed by atoms with Gasteiger partial charge in [-0.1, -0.05) is 33.6 Å². The molecular weight excluding hydrogens is 1010 g/mol. The normalized spacial score (nSPS) is 11.4. The molecule has 0 radical (unpaired) electrons. The van der Waals surface area contributed by atoms with Gasteiger partial charge in [0.05, 0.1) is 34.7 Å². The number of carbonyl (C=O) groups is 2. The van der Waals surface area contributed by atoms with E-state index in [4.69, 9.17) is 23.6 Å². The molecule has 4 aromatic carbocycles. The zero-order chi connectivity index (χ0) is 54.0. The van der Waals surface area contributed by atoms with Crippen molar-refractivity contribution >= 4 is 53.9 Å². The number of ether oxygens (including phenoxy) is 2. The Kier molecular flexibility index (Phi) is 15.5. The van der Waals surface area contributed by atoms with Crippen LogP contribution in [0.3, 0.4) is 0 Å². The number of carboxylic acids is 1. The van der Waals surface area contributed by atoms with Gasteiger partial charge in [0.1, 0.15) is 22.9 Å². The quantitative estimate of drug-likeness (QED) is 0.168. The summed E-state index contributed by atoms with van der Waals surface area (Å²) in [5, 5.41) is 21.9. The number of aryl methyl sites for hydroxylation is 4. The third-order valence-electron chi connectivity index (χ3n) is 10.5. The molecule has 4 N–H and O–H groups in total. The first-order valence-electron chi connectivity index (χ1n) is 21.0. The molecule has 4 aromatic heterocycles. The minimum Gasteiger partial charge on any atom is -0.483 e. The first kappa shape index (κ1) is 53.8. The van der Waals surface area contributed by atoms with Gasteiger partial charge < -0.3 is 32.8 Å².